The maximum absolute atomic E-state index is 12.5. The molecule has 6 nitrogen and oxygen atoms in total. The Kier molecular flexibility index (Phi) is 3.29. The fourth-order valence-electron chi connectivity index (χ4n) is 2.50. The molecule has 0 radical (unpaired) electrons. The van der Waals surface area contributed by atoms with Crippen molar-refractivity contribution in [3.8, 4) is 5.75 Å². The number of carbonyl (C=O) groups is 2. The van der Waals surface area contributed by atoms with E-state index in [2.05, 4.69) is 5.32 Å². The summed E-state index contributed by atoms with van der Waals surface area (Å²) in [4.78, 5) is 25.7. The number of rotatable bonds is 2. The van der Waals surface area contributed by atoms with Crippen LogP contribution < -0.4 is 10.1 Å². The number of fused-ring (bicyclic) bond motifs is 1. The average Bonchev–Trinajstić information content (AvgIpc) is 2.93. The number of methoxy groups -OCH3 is 1. The minimum absolute atomic E-state index is 0.150. The number of benzene rings is 1. The molecule has 3 rings (SSSR count). The fraction of sp³-hybridized carbons (Fsp3) is 0.333. The second kappa shape index (κ2) is 5.12. The van der Waals surface area contributed by atoms with Gasteiger partial charge < -0.3 is 19.4 Å². The van der Waals surface area contributed by atoms with Crippen molar-refractivity contribution in [2.45, 2.75) is 13.0 Å². The number of para-hydroxylation sites is 1. The third-order valence-corrected chi connectivity index (χ3v) is 3.70. The molecule has 0 saturated carbocycles. The Bertz CT molecular complexity index is 707. The van der Waals surface area contributed by atoms with Gasteiger partial charge in [-0.15, -0.1) is 0 Å². The zero-order chi connectivity index (χ0) is 15.0. The lowest BCUT2D eigenvalue weighted by molar-refractivity contribution is -0.127. The van der Waals surface area contributed by atoms with Gasteiger partial charge in [0.1, 0.15) is 6.04 Å². The number of nitrogens with one attached hydrogen (secondary N) is 1. The van der Waals surface area contributed by atoms with Crippen LogP contribution in [0, 0.1) is 0 Å². The number of hydrogen-bond acceptors (Lipinski definition) is 4. The summed E-state index contributed by atoms with van der Waals surface area (Å²) in [6.07, 6.45) is 0. The Hall–Kier alpha value is -2.50. The van der Waals surface area contributed by atoms with E-state index in [1.807, 2.05) is 12.1 Å². The van der Waals surface area contributed by atoms with E-state index < -0.39 is 6.04 Å². The van der Waals surface area contributed by atoms with Crippen molar-refractivity contribution in [1.82, 2.24) is 10.2 Å². The van der Waals surface area contributed by atoms with Gasteiger partial charge >= 0.3 is 0 Å². The Morgan fingerprint density at radius 3 is 3.05 bits per heavy atom. The van der Waals surface area contributed by atoms with E-state index in [1.165, 1.54) is 4.90 Å². The summed E-state index contributed by atoms with van der Waals surface area (Å²) in [6, 6.07) is 6.64. The first-order valence-electron chi connectivity index (χ1n) is 6.77. The Morgan fingerprint density at radius 1 is 1.48 bits per heavy atom. The smallest absolute Gasteiger partial charge is 0.290 e. The van der Waals surface area contributed by atoms with E-state index in [-0.39, 0.29) is 17.6 Å². The number of ether oxygens (including phenoxy) is 1. The van der Waals surface area contributed by atoms with Gasteiger partial charge in [0.25, 0.3) is 5.91 Å². The number of furan rings is 1. The summed E-state index contributed by atoms with van der Waals surface area (Å²) in [7, 11) is 1.55. The number of hydrogen-bond donors (Lipinski definition) is 1. The zero-order valence-electron chi connectivity index (χ0n) is 11.9. The largest absolute Gasteiger partial charge is 0.493 e. The van der Waals surface area contributed by atoms with Crippen molar-refractivity contribution in [2.75, 3.05) is 20.2 Å². The highest BCUT2D eigenvalue weighted by atomic mass is 16.5. The Morgan fingerprint density at radius 2 is 2.29 bits per heavy atom. The fourth-order valence-corrected chi connectivity index (χ4v) is 2.50. The second-order valence-corrected chi connectivity index (χ2v) is 4.95. The molecule has 1 N–H and O–H groups in total. The molecule has 1 saturated heterocycles. The van der Waals surface area contributed by atoms with Gasteiger partial charge in [0.05, 0.1) is 7.11 Å². The van der Waals surface area contributed by atoms with Gasteiger partial charge in [-0.1, -0.05) is 12.1 Å². The molecule has 110 valence electrons. The van der Waals surface area contributed by atoms with Crippen LogP contribution in [-0.4, -0.2) is 43.0 Å². The molecule has 1 atom stereocenters. The molecule has 1 aromatic heterocycles. The predicted octanol–water partition coefficient (Wildman–Crippen LogP) is 1.40. The van der Waals surface area contributed by atoms with Crippen LogP contribution in [-0.2, 0) is 4.79 Å². The van der Waals surface area contributed by atoms with Crippen molar-refractivity contribution in [2.24, 2.45) is 0 Å². The topological polar surface area (TPSA) is 71.8 Å². The van der Waals surface area contributed by atoms with Crippen molar-refractivity contribution in [1.29, 1.82) is 0 Å². The molecule has 1 aliphatic heterocycles. The van der Waals surface area contributed by atoms with E-state index in [0.717, 1.165) is 5.39 Å². The van der Waals surface area contributed by atoms with Crippen molar-refractivity contribution in [3.63, 3.8) is 0 Å². The van der Waals surface area contributed by atoms with Crippen LogP contribution in [0.3, 0.4) is 0 Å². The van der Waals surface area contributed by atoms with Crippen molar-refractivity contribution in [3.05, 3.63) is 30.0 Å². The van der Waals surface area contributed by atoms with Gasteiger partial charge in [0.2, 0.25) is 5.91 Å². The van der Waals surface area contributed by atoms with Gasteiger partial charge in [0.15, 0.2) is 17.1 Å². The maximum atomic E-state index is 12.5. The van der Waals surface area contributed by atoms with E-state index in [0.29, 0.717) is 24.4 Å². The van der Waals surface area contributed by atoms with Gasteiger partial charge in [-0.2, -0.15) is 0 Å². The molecule has 0 spiro atoms. The van der Waals surface area contributed by atoms with Gasteiger partial charge in [-0.05, 0) is 19.1 Å². The quantitative estimate of drug-likeness (QED) is 0.906. The van der Waals surface area contributed by atoms with Crippen LogP contribution in [0.1, 0.15) is 17.5 Å². The number of amides is 2. The van der Waals surface area contributed by atoms with Crippen LogP contribution in [0.15, 0.2) is 28.7 Å². The Labute approximate surface area is 121 Å². The van der Waals surface area contributed by atoms with E-state index >= 15 is 0 Å². The molecule has 0 bridgehead atoms. The lowest BCUT2D eigenvalue weighted by Gasteiger charge is -2.32. The molecule has 6 heteroatoms. The maximum Gasteiger partial charge on any atom is 0.290 e. The number of carbonyl (C=O) groups excluding carboxylic acids is 2. The highest BCUT2D eigenvalue weighted by molar-refractivity contribution is 5.99. The lowest BCUT2D eigenvalue weighted by Crippen LogP contribution is -2.55. The summed E-state index contributed by atoms with van der Waals surface area (Å²) in [5, 5.41) is 3.53. The predicted molar refractivity (Wildman–Crippen MR) is 76.3 cm³/mol. The van der Waals surface area contributed by atoms with Gasteiger partial charge in [-0.25, -0.2) is 0 Å². The summed E-state index contributed by atoms with van der Waals surface area (Å²) in [6.45, 7) is 2.63. The lowest BCUT2D eigenvalue weighted by atomic mass is 10.2. The van der Waals surface area contributed by atoms with Gasteiger partial charge in [-0.3, -0.25) is 9.59 Å². The number of piperazine rings is 1. The average molecular weight is 288 g/mol. The zero-order valence-corrected chi connectivity index (χ0v) is 11.9. The minimum atomic E-state index is -0.499. The SMILES string of the molecule is COc1cccc2cc(C(=O)N3CCNC(=O)C3C)oc12. The third-order valence-electron chi connectivity index (χ3n) is 3.70. The molecule has 0 aliphatic carbocycles. The molecule has 2 heterocycles. The summed E-state index contributed by atoms with van der Waals surface area (Å²) in [5.41, 5.74) is 0.539. The molecule has 21 heavy (non-hydrogen) atoms. The van der Waals surface area contributed by atoms with Crippen molar-refractivity contribution >= 4 is 22.8 Å². The van der Waals surface area contributed by atoms with E-state index in [1.54, 1.807) is 26.2 Å². The highest BCUT2D eigenvalue weighted by Gasteiger charge is 2.31. The molecule has 1 aromatic carbocycles. The van der Waals surface area contributed by atoms with Crippen LogP contribution in [0.25, 0.3) is 11.0 Å². The highest BCUT2D eigenvalue weighted by Crippen LogP contribution is 2.29. The summed E-state index contributed by atoms with van der Waals surface area (Å²) in [5.74, 6) is 0.367. The summed E-state index contributed by atoms with van der Waals surface area (Å²) >= 11 is 0. The molecule has 1 fully saturated rings. The first-order chi connectivity index (χ1) is 10.1. The number of nitrogens with zero attached hydrogens (tertiary/aromatic N) is 1. The standard InChI is InChI=1S/C15H16N2O4/c1-9-14(18)16-6-7-17(9)15(19)12-8-10-4-3-5-11(20-2)13(10)21-12/h3-5,8-9H,6-7H2,1-2H3,(H,16,18). The van der Waals surface area contributed by atoms with E-state index in [4.69, 9.17) is 9.15 Å². The molecule has 1 unspecified atom stereocenters. The summed E-state index contributed by atoms with van der Waals surface area (Å²) < 4.78 is 10.9. The molecular weight excluding hydrogens is 272 g/mol. The Balaban J connectivity index is 1.96. The van der Waals surface area contributed by atoms with Gasteiger partial charge in [0, 0.05) is 18.5 Å². The van der Waals surface area contributed by atoms with Crippen LogP contribution in [0.4, 0.5) is 0 Å². The molecular formula is C15H16N2O4. The minimum Gasteiger partial charge on any atom is -0.493 e. The van der Waals surface area contributed by atoms with Crippen LogP contribution in [0.5, 0.6) is 5.75 Å². The van der Waals surface area contributed by atoms with Crippen molar-refractivity contribution < 1.29 is 18.7 Å². The second-order valence-electron chi connectivity index (χ2n) is 4.95. The normalized spacial score (nSPS) is 18.7. The molecule has 2 amide bonds. The molecule has 1 aliphatic rings. The monoisotopic (exact) mass is 288 g/mol. The first-order valence-corrected chi connectivity index (χ1v) is 6.77. The van der Waals surface area contributed by atoms with Crippen LogP contribution >= 0.6 is 0 Å². The molecule has 2 aromatic rings. The first kappa shape index (κ1) is 13.5. The van der Waals surface area contributed by atoms with E-state index in [9.17, 15) is 9.59 Å². The van der Waals surface area contributed by atoms with Crippen LogP contribution in [0.2, 0.25) is 0 Å². The third kappa shape index (κ3) is 2.22.